The molecule has 7 heteroatoms. The van der Waals surface area contributed by atoms with Gasteiger partial charge in [-0.25, -0.2) is 4.79 Å². The standard InChI is InChI=1S/C22H25N3O4/c1-16(20(26)25-22(15-23)11-5-2-6-12-22)29-21(27)18-9-3-4-10-19(18)24-14-17-8-7-13-28-17/h3-4,7-10,13,16,24H,2,5-6,11-12,14H2,1H3,(H,25,26)/t16-/m0/s1. The van der Waals surface area contributed by atoms with E-state index < -0.39 is 23.5 Å². The zero-order valence-electron chi connectivity index (χ0n) is 16.4. The maximum absolute atomic E-state index is 12.7. The van der Waals surface area contributed by atoms with Gasteiger partial charge in [0.15, 0.2) is 6.10 Å². The van der Waals surface area contributed by atoms with Crippen LogP contribution in [0.15, 0.2) is 47.1 Å². The maximum Gasteiger partial charge on any atom is 0.341 e. The molecule has 0 aliphatic heterocycles. The lowest BCUT2D eigenvalue weighted by Gasteiger charge is -2.32. The normalized spacial score (nSPS) is 16.3. The number of nitriles is 1. The molecule has 152 valence electrons. The van der Waals surface area contributed by atoms with Gasteiger partial charge in [0.25, 0.3) is 5.91 Å². The maximum atomic E-state index is 12.7. The molecule has 1 atom stereocenters. The van der Waals surface area contributed by atoms with E-state index in [1.807, 2.05) is 6.07 Å². The van der Waals surface area contributed by atoms with Crippen molar-refractivity contribution in [2.24, 2.45) is 0 Å². The van der Waals surface area contributed by atoms with Crippen molar-refractivity contribution in [2.75, 3.05) is 5.32 Å². The Morgan fingerprint density at radius 3 is 2.66 bits per heavy atom. The predicted octanol–water partition coefficient (Wildman–Crippen LogP) is 3.78. The molecule has 1 fully saturated rings. The molecule has 0 spiro atoms. The van der Waals surface area contributed by atoms with Crippen molar-refractivity contribution in [1.29, 1.82) is 5.26 Å². The van der Waals surface area contributed by atoms with Gasteiger partial charge in [-0.05, 0) is 44.0 Å². The molecule has 0 radical (unpaired) electrons. The molecule has 0 unspecified atom stereocenters. The summed E-state index contributed by atoms with van der Waals surface area (Å²) in [5.74, 6) is -0.331. The van der Waals surface area contributed by atoms with Crippen molar-refractivity contribution in [3.8, 4) is 6.07 Å². The average Bonchev–Trinajstić information content (AvgIpc) is 3.26. The minimum Gasteiger partial charge on any atom is -0.467 e. The molecule has 2 N–H and O–H groups in total. The third-order valence-corrected chi connectivity index (χ3v) is 5.12. The lowest BCUT2D eigenvalue weighted by Crippen LogP contribution is -2.52. The predicted molar refractivity (Wildman–Crippen MR) is 107 cm³/mol. The van der Waals surface area contributed by atoms with Crippen LogP contribution in [0.2, 0.25) is 0 Å². The summed E-state index contributed by atoms with van der Waals surface area (Å²) in [6, 6.07) is 12.8. The Morgan fingerprint density at radius 2 is 1.97 bits per heavy atom. The number of ether oxygens (including phenoxy) is 1. The molecule has 1 aliphatic rings. The summed E-state index contributed by atoms with van der Waals surface area (Å²) in [5, 5.41) is 15.5. The highest BCUT2D eigenvalue weighted by atomic mass is 16.5. The number of nitrogens with zero attached hydrogens (tertiary/aromatic N) is 1. The van der Waals surface area contributed by atoms with Crippen molar-refractivity contribution in [1.82, 2.24) is 5.32 Å². The summed E-state index contributed by atoms with van der Waals surface area (Å²) in [7, 11) is 0. The van der Waals surface area contributed by atoms with Crippen LogP contribution < -0.4 is 10.6 Å². The molecule has 2 aromatic rings. The van der Waals surface area contributed by atoms with Gasteiger partial charge in [-0.1, -0.05) is 31.4 Å². The highest BCUT2D eigenvalue weighted by Crippen LogP contribution is 2.27. The number of para-hydroxylation sites is 1. The van der Waals surface area contributed by atoms with Gasteiger partial charge in [-0.2, -0.15) is 5.26 Å². The van der Waals surface area contributed by atoms with E-state index >= 15 is 0 Å². The van der Waals surface area contributed by atoms with Gasteiger partial charge in [0.2, 0.25) is 0 Å². The SMILES string of the molecule is C[C@H](OC(=O)c1ccccc1NCc1ccco1)C(=O)NC1(C#N)CCCCC1. The monoisotopic (exact) mass is 395 g/mol. The quantitative estimate of drug-likeness (QED) is 0.692. The fourth-order valence-corrected chi connectivity index (χ4v) is 3.45. The third kappa shape index (κ3) is 5.17. The smallest absolute Gasteiger partial charge is 0.341 e. The van der Waals surface area contributed by atoms with Crippen LogP contribution in [0, 0.1) is 11.3 Å². The molecule has 1 amide bonds. The summed E-state index contributed by atoms with van der Waals surface area (Å²) < 4.78 is 10.7. The first-order valence-corrected chi connectivity index (χ1v) is 9.82. The Hall–Kier alpha value is -3.27. The first-order valence-electron chi connectivity index (χ1n) is 9.82. The second-order valence-corrected chi connectivity index (χ2v) is 7.27. The molecular weight excluding hydrogens is 370 g/mol. The highest BCUT2D eigenvalue weighted by Gasteiger charge is 2.35. The fourth-order valence-electron chi connectivity index (χ4n) is 3.45. The van der Waals surface area contributed by atoms with E-state index in [0.717, 1.165) is 25.0 Å². The minimum absolute atomic E-state index is 0.325. The van der Waals surface area contributed by atoms with Crippen molar-refractivity contribution in [3.63, 3.8) is 0 Å². The van der Waals surface area contributed by atoms with E-state index in [9.17, 15) is 14.9 Å². The molecule has 1 aromatic carbocycles. The molecule has 7 nitrogen and oxygen atoms in total. The zero-order valence-corrected chi connectivity index (χ0v) is 16.4. The third-order valence-electron chi connectivity index (χ3n) is 5.12. The number of amides is 1. The minimum atomic E-state index is -1.01. The van der Waals surface area contributed by atoms with Crippen LogP contribution in [0.5, 0.6) is 0 Å². The Kier molecular flexibility index (Phi) is 6.55. The Balaban J connectivity index is 1.62. The largest absolute Gasteiger partial charge is 0.467 e. The highest BCUT2D eigenvalue weighted by molar-refractivity contribution is 5.97. The number of carbonyl (C=O) groups is 2. The van der Waals surface area contributed by atoms with Gasteiger partial charge < -0.3 is 19.8 Å². The Labute approximate surface area is 170 Å². The fraction of sp³-hybridized carbons (Fsp3) is 0.409. The lowest BCUT2D eigenvalue weighted by molar-refractivity contribution is -0.130. The van der Waals surface area contributed by atoms with Gasteiger partial charge in [0.1, 0.15) is 11.3 Å². The first kappa shape index (κ1) is 20.5. The average molecular weight is 395 g/mol. The van der Waals surface area contributed by atoms with Crippen molar-refractivity contribution in [3.05, 3.63) is 54.0 Å². The summed E-state index contributed by atoms with van der Waals surface area (Å²) >= 11 is 0. The molecule has 0 bridgehead atoms. The van der Waals surface area contributed by atoms with Gasteiger partial charge in [-0.15, -0.1) is 0 Å². The second-order valence-electron chi connectivity index (χ2n) is 7.27. The number of esters is 1. The zero-order chi connectivity index (χ0) is 20.7. The number of rotatable bonds is 7. The number of anilines is 1. The van der Waals surface area contributed by atoms with Gasteiger partial charge >= 0.3 is 5.97 Å². The topological polar surface area (TPSA) is 104 Å². The van der Waals surface area contributed by atoms with Gasteiger partial charge in [0.05, 0.1) is 24.4 Å². The summed E-state index contributed by atoms with van der Waals surface area (Å²) in [6.45, 7) is 1.93. The van der Waals surface area contributed by atoms with Crippen LogP contribution >= 0.6 is 0 Å². The van der Waals surface area contributed by atoms with Gasteiger partial charge in [-0.3, -0.25) is 4.79 Å². The Bertz CT molecular complexity index is 880. The second kappa shape index (κ2) is 9.28. The number of hydrogen-bond donors (Lipinski definition) is 2. The number of hydrogen-bond acceptors (Lipinski definition) is 6. The number of furan rings is 1. The van der Waals surface area contributed by atoms with E-state index in [4.69, 9.17) is 9.15 Å². The summed E-state index contributed by atoms with van der Waals surface area (Å²) in [4.78, 5) is 25.2. The van der Waals surface area contributed by atoms with Crippen LogP contribution in [-0.2, 0) is 16.1 Å². The number of nitrogens with one attached hydrogen (secondary N) is 2. The molecule has 1 heterocycles. The summed E-state index contributed by atoms with van der Waals surface area (Å²) in [5.41, 5.74) is 0.0482. The van der Waals surface area contributed by atoms with E-state index in [1.54, 1.807) is 36.6 Å². The number of carbonyl (C=O) groups excluding carboxylic acids is 2. The molecule has 1 saturated carbocycles. The van der Waals surface area contributed by atoms with E-state index in [1.165, 1.54) is 6.92 Å². The molecule has 1 aromatic heterocycles. The Morgan fingerprint density at radius 1 is 1.21 bits per heavy atom. The molecule has 0 saturated heterocycles. The van der Waals surface area contributed by atoms with Crippen molar-refractivity contribution < 1.29 is 18.7 Å². The van der Waals surface area contributed by atoms with E-state index in [2.05, 4.69) is 16.7 Å². The van der Waals surface area contributed by atoms with Crippen LogP contribution in [0.1, 0.15) is 55.1 Å². The molecule has 29 heavy (non-hydrogen) atoms. The number of benzene rings is 1. The van der Waals surface area contributed by atoms with Gasteiger partial charge in [0, 0.05) is 5.69 Å². The van der Waals surface area contributed by atoms with Crippen LogP contribution in [0.4, 0.5) is 5.69 Å². The van der Waals surface area contributed by atoms with E-state index in [0.29, 0.717) is 30.6 Å². The summed E-state index contributed by atoms with van der Waals surface area (Å²) in [6.07, 6.45) is 4.68. The van der Waals surface area contributed by atoms with Crippen molar-refractivity contribution in [2.45, 2.75) is 57.2 Å². The van der Waals surface area contributed by atoms with Crippen LogP contribution in [0.25, 0.3) is 0 Å². The first-order chi connectivity index (χ1) is 14.0. The van der Waals surface area contributed by atoms with Crippen molar-refractivity contribution >= 4 is 17.6 Å². The van der Waals surface area contributed by atoms with Crippen LogP contribution in [0.3, 0.4) is 0 Å². The molecular formula is C22H25N3O4. The molecule has 3 rings (SSSR count). The van der Waals surface area contributed by atoms with Crippen LogP contribution in [-0.4, -0.2) is 23.5 Å². The van der Waals surface area contributed by atoms with E-state index in [-0.39, 0.29) is 0 Å². The molecule has 1 aliphatic carbocycles. The lowest BCUT2D eigenvalue weighted by atomic mass is 9.83.